The van der Waals surface area contributed by atoms with Gasteiger partial charge in [0.2, 0.25) is 11.0 Å². The zero-order valence-corrected chi connectivity index (χ0v) is 14.6. The van der Waals surface area contributed by atoms with Crippen molar-refractivity contribution in [1.29, 1.82) is 0 Å². The second-order valence-corrected chi connectivity index (χ2v) is 7.91. The second-order valence-electron chi connectivity index (χ2n) is 5.71. The minimum absolute atomic E-state index is 0.0640. The first-order chi connectivity index (χ1) is 11.2. The molecular weight excluding hydrogens is 328 g/mol. The highest BCUT2D eigenvalue weighted by atomic mass is 32.2. The van der Waals surface area contributed by atoms with Gasteiger partial charge < -0.3 is 10.6 Å². The Morgan fingerprint density at radius 3 is 3.00 bits per heavy atom. The van der Waals surface area contributed by atoms with Crippen LogP contribution in [0.3, 0.4) is 0 Å². The fraction of sp³-hybridized carbons (Fsp3) is 0.438. The molecule has 0 aliphatic carbocycles. The Kier molecular flexibility index (Phi) is 5.64. The zero-order chi connectivity index (χ0) is 16.1. The van der Waals surface area contributed by atoms with Crippen LogP contribution in [-0.2, 0) is 10.5 Å². The highest BCUT2D eigenvalue weighted by molar-refractivity contribution is 8.00. The Labute approximate surface area is 144 Å². The largest absolute Gasteiger partial charge is 0.314 e. The van der Waals surface area contributed by atoms with Crippen molar-refractivity contribution in [2.75, 3.05) is 11.9 Å². The first-order valence-corrected chi connectivity index (χ1v) is 9.55. The lowest BCUT2D eigenvalue weighted by molar-refractivity contribution is -0.120. The number of nitrogens with one attached hydrogen (secondary N) is 2. The summed E-state index contributed by atoms with van der Waals surface area (Å²) in [5.74, 6) is 0.986. The van der Waals surface area contributed by atoms with Crippen molar-refractivity contribution in [3.05, 3.63) is 35.9 Å². The summed E-state index contributed by atoms with van der Waals surface area (Å²) in [6.07, 6.45) is 1.75. The fourth-order valence-corrected chi connectivity index (χ4v) is 4.33. The van der Waals surface area contributed by atoms with Gasteiger partial charge in [0.1, 0.15) is 0 Å². The van der Waals surface area contributed by atoms with E-state index in [1.54, 1.807) is 11.8 Å². The number of nitrogens with zero attached hydrogens (tertiary/aromatic N) is 2. The highest BCUT2D eigenvalue weighted by Gasteiger charge is 2.25. The lowest BCUT2D eigenvalue weighted by Crippen LogP contribution is -2.40. The van der Waals surface area contributed by atoms with E-state index in [9.17, 15) is 4.79 Å². The number of benzene rings is 1. The van der Waals surface area contributed by atoms with Crippen molar-refractivity contribution in [2.24, 2.45) is 5.92 Å². The van der Waals surface area contributed by atoms with Gasteiger partial charge in [0.25, 0.3) is 0 Å². The van der Waals surface area contributed by atoms with Crippen LogP contribution in [-0.4, -0.2) is 28.7 Å². The maximum absolute atomic E-state index is 12.3. The minimum atomic E-state index is 0.0640. The normalized spacial score (nSPS) is 21.1. The van der Waals surface area contributed by atoms with Gasteiger partial charge in [-0.05, 0) is 31.9 Å². The Bertz CT molecular complexity index is 647. The van der Waals surface area contributed by atoms with Crippen LogP contribution in [0.15, 0.2) is 34.7 Å². The summed E-state index contributed by atoms with van der Waals surface area (Å²) in [6.45, 7) is 3.01. The van der Waals surface area contributed by atoms with E-state index in [0.29, 0.717) is 11.2 Å². The van der Waals surface area contributed by atoms with E-state index in [2.05, 4.69) is 39.9 Å². The van der Waals surface area contributed by atoms with Crippen LogP contribution in [0.25, 0.3) is 0 Å². The molecule has 7 heteroatoms. The summed E-state index contributed by atoms with van der Waals surface area (Å²) in [6, 6.07) is 10.6. The number of carbonyl (C=O) groups excluding carboxylic acids is 1. The Hall–Kier alpha value is -1.44. The summed E-state index contributed by atoms with van der Waals surface area (Å²) in [5, 5.41) is 15.1. The molecule has 1 fully saturated rings. The standard InChI is InChI=1S/C16H20N4OS2/c1-11-9-13(7-8-17-11)14(21)18-15-19-20-16(23-15)22-10-12-5-3-2-4-6-12/h2-6,11,13,17H,7-10H2,1H3,(H,18,19,21)/t11-,13-/m0/s1. The Morgan fingerprint density at radius 1 is 1.39 bits per heavy atom. The number of carbonyl (C=O) groups is 1. The minimum Gasteiger partial charge on any atom is -0.314 e. The van der Waals surface area contributed by atoms with Gasteiger partial charge in [-0.25, -0.2) is 0 Å². The van der Waals surface area contributed by atoms with Crippen molar-refractivity contribution in [2.45, 2.75) is 35.9 Å². The molecule has 2 heterocycles. The summed E-state index contributed by atoms with van der Waals surface area (Å²) in [5.41, 5.74) is 1.25. The van der Waals surface area contributed by atoms with Gasteiger partial charge in [0, 0.05) is 17.7 Å². The molecule has 2 atom stereocenters. The predicted octanol–water partition coefficient (Wildman–Crippen LogP) is 3.16. The van der Waals surface area contributed by atoms with Crippen molar-refractivity contribution in [1.82, 2.24) is 15.5 Å². The molecule has 0 spiro atoms. The van der Waals surface area contributed by atoms with Gasteiger partial charge in [-0.3, -0.25) is 4.79 Å². The van der Waals surface area contributed by atoms with Gasteiger partial charge in [-0.2, -0.15) is 0 Å². The van der Waals surface area contributed by atoms with Crippen LogP contribution in [0.2, 0.25) is 0 Å². The third kappa shape index (κ3) is 4.76. The smallest absolute Gasteiger partial charge is 0.229 e. The number of hydrogen-bond donors (Lipinski definition) is 2. The van der Waals surface area contributed by atoms with Crippen LogP contribution < -0.4 is 10.6 Å². The molecule has 0 bridgehead atoms. The molecule has 2 aromatic rings. The number of amides is 1. The number of rotatable bonds is 5. The van der Waals surface area contributed by atoms with E-state index >= 15 is 0 Å². The van der Waals surface area contributed by atoms with Gasteiger partial charge in [0.05, 0.1) is 0 Å². The third-order valence-corrected chi connectivity index (χ3v) is 5.88. The van der Waals surface area contributed by atoms with E-state index in [0.717, 1.165) is 29.5 Å². The topological polar surface area (TPSA) is 66.9 Å². The number of aromatic nitrogens is 2. The monoisotopic (exact) mass is 348 g/mol. The average molecular weight is 348 g/mol. The predicted molar refractivity (Wildman–Crippen MR) is 94.7 cm³/mol. The molecule has 3 rings (SSSR count). The first-order valence-electron chi connectivity index (χ1n) is 7.75. The van der Waals surface area contributed by atoms with Gasteiger partial charge >= 0.3 is 0 Å². The zero-order valence-electron chi connectivity index (χ0n) is 13.0. The van der Waals surface area contributed by atoms with Crippen molar-refractivity contribution >= 4 is 34.1 Å². The molecule has 1 amide bonds. The first kappa shape index (κ1) is 16.4. The molecular formula is C16H20N4OS2. The van der Waals surface area contributed by atoms with Crippen LogP contribution >= 0.6 is 23.1 Å². The molecule has 0 unspecified atom stereocenters. The van der Waals surface area contributed by atoms with Crippen molar-refractivity contribution in [3.63, 3.8) is 0 Å². The molecule has 23 heavy (non-hydrogen) atoms. The molecule has 1 aliphatic rings. The maximum atomic E-state index is 12.3. The summed E-state index contributed by atoms with van der Waals surface area (Å²) in [7, 11) is 0. The van der Waals surface area contributed by atoms with Gasteiger partial charge in [0.15, 0.2) is 4.34 Å². The number of hydrogen-bond acceptors (Lipinski definition) is 6. The van der Waals surface area contributed by atoms with Crippen LogP contribution in [0, 0.1) is 5.92 Å². The van der Waals surface area contributed by atoms with E-state index in [1.165, 1.54) is 16.9 Å². The Morgan fingerprint density at radius 2 is 2.22 bits per heavy atom. The summed E-state index contributed by atoms with van der Waals surface area (Å²) >= 11 is 3.08. The van der Waals surface area contributed by atoms with Crippen LogP contribution in [0.4, 0.5) is 5.13 Å². The molecule has 122 valence electrons. The molecule has 1 aromatic heterocycles. The van der Waals surface area contributed by atoms with E-state index in [4.69, 9.17) is 0 Å². The lowest BCUT2D eigenvalue weighted by Gasteiger charge is -2.26. The Balaban J connectivity index is 1.51. The number of thioether (sulfide) groups is 1. The third-order valence-electron chi connectivity index (χ3n) is 3.84. The number of anilines is 1. The van der Waals surface area contributed by atoms with E-state index in [1.807, 2.05) is 18.2 Å². The molecule has 1 aliphatic heterocycles. The molecule has 1 aromatic carbocycles. The summed E-state index contributed by atoms with van der Waals surface area (Å²) in [4.78, 5) is 12.3. The number of piperidine rings is 1. The second kappa shape index (κ2) is 7.90. The van der Waals surface area contributed by atoms with Gasteiger partial charge in [-0.15, -0.1) is 10.2 Å². The molecule has 1 saturated heterocycles. The molecule has 2 N–H and O–H groups in total. The van der Waals surface area contributed by atoms with Crippen molar-refractivity contribution < 1.29 is 4.79 Å². The van der Waals surface area contributed by atoms with Crippen LogP contribution in [0.5, 0.6) is 0 Å². The average Bonchev–Trinajstić information content (AvgIpc) is 3.01. The van der Waals surface area contributed by atoms with Gasteiger partial charge in [-0.1, -0.05) is 53.4 Å². The molecule has 0 saturated carbocycles. The molecule has 0 radical (unpaired) electrons. The highest BCUT2D eigenvalue weighted by Crippen LogP contribution is 2.29. The quantitative estimate of drug-likeness (QED) is 0.642. The lowest BCUT2D eigenvalue weighted by atomic mass is 9.93. The van der Waals surface area contributed by atoms with E-state index in [-0.39, 0.29) is 11.8 Å². The maximum Gasteiger partial charge on any atom is 0.229 e. The molecule has 5 nitrogen and oxygen atoms in total. The summed E-state index contributed by atoms with van der Waals surface area (Å²) < 4.78 is 0.878. The van der Waals surface area contributed by atoms with Crippen molar-refractivity contribution in [3.8, 4) is 0 Å². The SMILES string of the molecule is C[C@H]1C[C@@H](C(=O)Nc2nnc(SCc3ccccc3)s2)CCN1. The van der Waals surface area contributed by atoms with E-state index < -0.39 is 0 Å². The van der Waals surface area contributed by atoms with Crippen LogP contribution in [0.1, 0.15) is 25.3 Å². The fourth-order valence-electron chi connectivity index (χ4n) is 2.62.